The van der Waals surface area contributed by atoms with Gasteiger partial charge in [0.25, 0.3) is 0 Å². The van der Waals surface area contributed by atoms with E-state index >= 15 is 0 Å². The minimum Gasteiger partial charge on any atom is -0.381 e. The largest absolute Gasteiger partial charge is 0.381 e. The molecule has 138 valence electrons. The molecule has 0 bridgehead atoms. The summed E-state index contributed by atoms with van der Waals surface area (Å²) in [7, 11) is 4.09. The molecule has 4 aliphatic rings. The Kier molecular flexibility index (Phi) is 5.19. The number of rotatable bonds is 5. The molecule has 0 amide bonds. The topological polar surface area (TPSA) is 24.9 Å². The van der Waals surface area contributed by atoms with Crippen LogP contribution in [0.4, 0.5) is 0 Å². The predicted octanol–water partition coefficient (Wildman–Crippen LogP) is 2.77. The summed E-state index contributed by atoms with van der Waals surface area (Å²) >= 11 is 0. The lowest BCUT2D eigenvalue weighted by Gasteiger charge is -2.53. The number of piperidine rings is 2. The second-order valence-electron chi connectivity index (χ2n) is 9.16. The van der Waals surface area contributed by atoms with Crippen molar-refractivity contribution < 1.29 is 9.47 Å². The van der Waals surface area contributed by atoms with Crippen LogP contribution in [0.3, 0.4) is 0 Å². The lowest BCUT2D eigenvalue weighted by molar-refractivity contribution is -0.127. The first kappa shape index (κ1) is 17.3. The Morgan fingerprint density at radius 1 is 0.917 bits per heavy atom. The third kappa shape index (κ3) is 3.82. The van der Waals surface area contributed by atoms with Crippen LogP contribution in [0.25, 0.3) is 0 Å². The molecular formula is C20H36N2O2. The Balaban J connectivity index is 1.11. The van der Waals surface area contributed by atoms with Gasteiger partial charge < -0.3 is 19.3 Å². The second-order valence-corrected chi connectivity index (χ2v) is 9.16. The molecule has 0 atom stereocenters. The quantitative estimate of drug-likeness (QED) is 0.771. The lowest BCUT2D eigenvalue weighted by Crippen LogP contribution is -2.50. The minimum absolute atomic E-state index is 0.459. The van der Waals surface area contributed by atoms with Crippen LogP contribution < -0.4 is 0 Å². The average molecular weight is 337 g/mol. The third-order valence-electron chi connectivity index (χ3n) is 7.31. The van der Waals surface area contributed by atoms with Crippen LogP contribution in [0, 0.1) is 11.3 Å². The molecule has 1 spiro atoms. The molecule has 0 N–H and O–H groups in total. The first-order chi connectivity index (χ1) is 11.6. The number of hydrogen-bond donors (Lipinski definition) is 0. The molecule has 0 radical (unpaired) electrons. The van der Waals surface area contributed by atoms with Crippen molar-refractivity contribution in [3.63, 3.8) is 0 Å². The molecular weight excluding hydrogens is 300 g/mol. The van der Waals surface area contributed by atoms with Gasteiger partial charge in [0.2, 0.25) is 0 Å². The SMILES string of the molecule is COC1CC(OC2CCN(CC3CC4(CCN(C)CC4)C3)CC2)C1. The smallest absolute Gasteiger partial charge is 0.0628 e. The molecule has 2 heterocycles. The fourth-order valence-corrected chi connectivity index (χ4v) is 5.48. The van der Waals surface area contributed by atoms with Crippen LogP contribution >= 0.6 is 0 Å². The Hall–Kier alpha value is -0.160. The van der Waals surface area contributed by atoms with Crippen LogP contribution in [0.2, 0.25) is 0 Å². The van der Waals surface area contributed by atoms with E-state index in [0.717, 1.165) is 24.2 Å². The molecule has 4 nitrogen and oxygen atoms in total. The zero-order valence-electron chi connectivity index (χ0n) is 15.7. The van der Waals surface area contributed by atoms with E-state index in [-0.39, 0.29) is 0 Å². The Morgan fingerprint density at radius 3 is 2.21 bits per heavy atom. The molecule has 2 aliphatic carbocycles. The van der Waals surface area contributed by atoms with Crippen LogP contribution in [0.15, 0.2) is 0 Å². The summed E-state index contributed by atoms with van der Waals surface area (Å²) < 4.78 is 11.6. The van der Waals surface area contributed by atoms with Gasteiger partial charge in [-0.15, -0.1) is 0 Å². The molecule has 2 saturated carbocycles. The second kappa shape index (κ2) is 7.22. The highest BCUT2D eigenvalue weighted by molar-refractivity contribution is 4.97. The van der Waals surface area contributed by atoms with Gasteiger partial charge in [0.05, 0.1) is 18.3 Å². The third-order valence-corrected chi connectivity index (χ3v) is 7.31. The zero-order valence-corrected chi connectivity index (χ0v) is 15.7. The summed E-state index contributed by atoms with van der Waals surface area (Å²) in [4.78, 5) is 5.21. The highest BCUT2D eigenvalue weighted by Crippen LogP contribution is 2.52. The van der Waals surface area contributed by atoms with Gasteiger partial charge in [-0.25, -0.2) is 0 Å². The minimum atomic E-state index is 0.459. The van der Waals surface area contributed by atoms with Crippen molar-refractivity contribution in [2.45, 2.75) is 69.7 Å². The van der Waals surface area contributed by atoms with Crippen molar-refractivity contribution >= 4 is 0 Å². The van der Waals surface area contributed by atoms with E-state index in [4.69, 9.17) is 9.47 Å². The van der Waals surface area contributed by atoms with E-state index in [1.165, 1.54) is 71.2 Å². The molecule has 4 fully saturated rings. The van der Waals surface area contributed by atoms with Crippen molar-refractivity contribution in [1.82, 2.24) is 9.80 Å². The van der Waals surface area contributed by atoms with E-state index in [1.54, 1.807) is 0 Å². The van der Waals surface area contributed by atoms with E-state index in [1.807, 2.05) is 7.11 Å². The Bertz CT molecular complexity index is 400. The normalized spacial score (nSPS) is 35.8. The fraction of sp³-hybridized carbons (Fsp3) is 1.00. The summed E-state index contributed by atoms with van der Waals surface area (Å²) in [5.74, 6) is 0.972. The number of ether oxygens (including phenoxy) is 2. The van der Waals surface area contributed by atoms with Gasteiger partial charge in [0, 0.05) is 26.7 Å². The number of methoxy groups -OCH3 is 1. The number of hydrogen-bond acceptors (Lipinski definition) is 4. The van der Waals surface area contributed by atoms with Gasteiger partial charge in [0.1, 0.15) is 0 Å². The molecule has 0 aromatic carbocycles. The molecule has 4 rings (SSSR count). The van der Waals surface area contributed by atoms with Gasteiger partial charge in [-0.3, -0.25) is 0 Å². The number of nitrogens with zero attached hydrogens (tertiary/aromatic N) is 2. The number of likely N-dealkylation sites (tertiary alicyclic amines) is 2. The van der Waals surface area contributed by atoms with Crippen molar-refractivity contribution in [2.75, 3.05) is 46.9 Å². The maximum atomic E-state index is 6.24. The van der Waals surface area contributed by atoms with Gasteiger partial charge in [-0.05, 0) is 82.8 Å². The average Bonchev–Trinajstić information content (AvgIpc) is 2.52. The van der Waals surface area contributed by atoms with Crippen LogP contribution in [0.1, 0.15) is 51.4 Å². The molecule has 0 aromatic rings. The molecule has 2 aliphatic heterocycles. The Labute approximate surface area is 147 Å². The van der Waals surface area contributed by atoms with Gasteiger partial charge in [0.15, 0.2) is 0 Å². The summed E-state index contributed by atoms with van der Waals surface area (Å²) in [6, 6.07) is 0. The van der Waals surface area contributed by atoms with Gasteiger partial charge in [-0.2, -0.15) is 0 Å². The van der Waals surface area contributed by atoms with E-state index in [9.17, 15) is 0 Å². The van der Waals surface area contributed by atoms with Crippen molar-refractivity contribution in [2.24, 2.45) is 11.3 Å². The van der Waals surface area contributed by atoms with E-state index < -0.39 is 0 Å². The molecule has 2 saturated heterocycles. The summed E-state index contributed by atoms with van der Waals surface area (Å²) in [6.45, 7) is 6.48. The molecule has 0 unspecified atom stereocenters. The predicted molar refractivity (Wildman–Crippen MR) is 96.3 cm³/mol. The first-order valence-electron chi connectivity index (χ1n) is 10.2. The standard InChI is InChI=1S/C20H36N2O2/c1-21-9-5-20(6-10-21)13-16(14-20)15-22-7-3-17(4-8-22)24-19-11-18(12-19)23-2/h16-19H,3-15H2,1-2H3. The van der Waals surface area contributed by atoms with Gasteiger partial charge in [-0.1, -0.05) is 0 Å². The zero-order chi connectivity index (χ0) is 16.6. The van der Waals surface area contributed by atoms with Crippen molar-refractivity contribution in [3.05, 3.63) is 0 Å². The summed E-state index contributed by atoms with van der Waals surface area (Å²) in [5, 5.41) is 0. The highest BCUT2D eigenvalue weighted by atomic mass is 16.5. The molecule has 0 aromatic heterocycles. The molecule has 4 heteroatoms. The van der Waals surface area contributed by atoms with E-state index in [2.05, 4.69) is 16.8 Å². The van der Waals surface area contributed by atoms with E-state index in [0.29, 0.717) is 18.3 Å². The lowest BCUT2D eigenvalue weighted by atomic mass is 9.57. The maximum Gasteiger partial charge on any atom is 0.0628 e. The monoisotopic (exact) mass is 336 g/mol. The summed E-state index contributed by atoms with van der Waals surface area (Å²) in [6.07, 6.45) is 12.0. The van der Waals surface area contributed by atoms with Crippen LogP contribution in [0.5, 0.6) is 0 Å². The summed E-state index contributed by atoms with van der Waals surface area (Å²) in [5.41, 5.74) is 0.737. The highest BCUT2D eigenvalue weighted by Gasteiger charge is 2.45. The van der Waals surface area contributed by atoms with Gasteiger partial charge >= 0.3 is 0 Å². The molecule has 24 heavy (non-hydrogen) atoms. The maximum absolute atomic E-state index is 6.24. The fourth-order valence-electron chi connectivity index (χ4n) is 5.48. The first-order valence-corrected chi connectivity index (χ1v) is 10.2. The van der Waals surface area contributed by atoms with Crippen LogP contribution in [-0.4, -0.2) is 75.0 Å². The van der Waals surface area contributed by atoms with Crippen LogP contribution in [-0.2, 0) is 9.47 Å². The Morgan fingerprint density at radius 2 is 1.58 bits per heavy atom. The van der Waals surface area contributed by atoms with Crippen molar-refractivity contribution in [3.8, 4) is 0 Å². The van der Waals surface area contributed by atoms with Crippen molar-refractivity contribution in [1.29, 1.82) is 0 Å².